The lowest BCUT2D eigenvalue weighted by molar-refractivity contribution is 0.699. The van der Waals surface area contributed by atoms with E-state index in [0.29, 0.717) is 0 Å². The summed E-state index contributed by atoms with van der Waals surface area (Å²) in [4.78, 5) is 4.27. The average molecular weight is 186 g/mol. The van der Waals surface area contributed by atoms with Gasteiger partial charge in [0.25, 0.3) is 0 Å². The van der Waals surface area contributed by atoms with Crippen molar-refractivity contribution in [1.29, 1.82) is 0 Å². The van der Waals surface area contributed by atoms with Crippen LogP contribution in [0.15, 0.2) is 36.5 Å². The van der Waals surface area contributed by atoms with E-state index in [1.54, 1.807) is 0 Å². The standard InChI is InChI=1S/C12H14N2/c1-2-11(13)9-5-6-12-10(8-9)4-3-7-14-12/h3-8,11H,2,13H2,1H3. The highest BCUT2D eigenvalue weighted by Gasteiger charge is 2.03. The first-order chi connectivity index (χ1) is 6.81. The highest BCUT2D eigenvalue weighted by atomic mass is 14.6. The molecule has 1 aromatic carbocycles. The van der Waals surface area contributed by atoms with E-state index < -0.39 is 0 Å². The van der Waals surface area contributed by atoms with Crippen LogP contribution in [0.3, 0.4) is 0 Å². The van der Waals surface area contributed by atoms with Gasteiger partial charge in [-0.05, 0) is 30.2 Å². The lowest BCUT2D eigenvalue weighted by Crippen LogP contribution is -2.08. The second-order valence-electron chi connectivity index (χ2n) is 3.47. The molecule has 0 aliphatic rings. The highest BCUT2D eigenvalue weighted by molar-refractivity contribution is 5.79. The molecule has 1 unspecified atom stereocenters. The molecule has 0 aliphatic carbocycles. The number of pyridine rings is 1. The van der Waals surface area contributed by atoms with Crippen molar-refractivity contribution in [3.63, 3.8) is 0 Å². The minimum Gasteiger partial charge on any atom is -0.324 e. The van der Waals surface area contributed by atoms with E-state index in [1.807, 2.05) is 18.3 Å². The lowest BCUT2D eigenvalue weighted by atomic mass is 10.0. The minimum absolute atomic E-state index is 0.139. The summed E-state index contributed by atoms with van der Waals surface area (Å²) in [5.41, 5.74) is 8.18. The Kier molecular flexibility index (Phi) is 2.46. The second-order valence-corrected chi connectivity index (χ2v) is 3.47. The Labute approximate surface area is 83.8 Å². The first kappa shape index (κ1) is 9.16. The molecule has 2 N–H and O–H groups in total. The third-order valence-electron chi connectivity index (χ3n) is 2.50. The smallest absolute Gasteiger partial charge is 0.0702 e. The van der Waals surface area contributed by atoms with E-state index >= 15 is 0 Å². The van der Waals surface area contributed by atoms with E-state index in [0.717, 1.165) is 17.3 Å². The topological polar surface area (TPSA) is 38.9 Å². The summed E-state index contributed by atoms with van der Waals surface area (Å²) in [6.45, 7) is 2.10. The zero-order valence-electron chi connectivity index (χ0n) is 8.27. The Bertz CT molecular complexity index is 437. The van der Waals surface area contributed by atoms with Crippen LogP contribution < -0.4 is 5.73 Å². The Morgan fingerprint density at radius 2 is 2.21 bits per heavy atom. The van der Waals surface area contributed by atoms with Crippen molar-refractivity contribution in [2.45, 2.75) is 19.4 Å². The molecular formula is C12H14N2. The van der Waals surface area contributed by atoms with Gasteiger partial charge in [-0.2, -0.15) is 0 Å². The molecule has 0 saturated carbocycles. The number of aromatic nitrogens is 1. The summed E-state index contributed by atoms with van der Waals surface area (Å²) in [5, 5.41) is 1.16. The summed E-state index contributed by atoms with van der Waals surface area (Å²) in [7, 11) is 0. The molecule has 1 atom stereocenters. The summed E-state index contributed by atoms with van der Waals surface area (Å²) in [6, 6.07) is 10.4. The average Bonchev–Trinajstić information content (AvgIpc) is 2.27. The fourth-order valence-corrected chi connectivity index (χ4v) is 1.56. The minimum atomic E-state index is 0.139. The van der Waals surface area contributed by atoms with Crippen molar-refractivity contribution in [3.8, 4) is 0 Å². The fraction of sp³-hybridized carbons (Fsp3) is 0.250. The molecule has 0 saturated heterocycles. The second kappa shape index (κ2) is 3.76. The maximum Gasteiger partial charge on any atom is 0.0702 e. The summed E-state index contributed by atoms with van der Waals surface area (Å²) in [5.74, 6) is 0. The number of rotatable bonds is 2. The highest BCUT2D eigenvalue weighted by Crippen LogP contribution is 2.19. The Morgan fingerprint density at radius 3 is 3.00 bits per heavy atom. The Morgan fingerprint density at radius 1 is 1.36 bits per heavy atom. The maximum atomic E-state index is 5.96. The predicted octanol–water partition coefficient (Wildman–Crippen LogP) is 2.64. The van der Waals surface area contributed by atoms with Crippen LogP contribution in [0.2, 0.25) is 0 Å². The number of fused-ring (bicyclic) bond motifs is 1. The molecule has 1 heterocycles. The molecule has 0 spiro atoms. The lowest BCUT2D eigenvalue weighted by Gasteiger charge is -2.09. The summed E-state index contributed by atoms with van der Waals surface area (Å²) < 4.78 is 0. The SMILES string of the molecule is CCC(N)c1ccc2ncccc2c1. The summed E-state index contributed by atoms with van der Waals surface area (Å²) >= 11 is 0. The Hall–Kier alpha value is -1.41. The van der Waals surface area contributed by atoms with Gasteiger partial charge in [0, 0.05) is 17.6 Å². The molecule has 0 fully saturated rings. The molecule has 2 rings (SSSR count). The van der Waals surface area contributed by atoms with Crippen LogP contribution in [0, 0.1) is 0 Å². The molecule has 72 valence electrons. The molecule has 2 heteroatoms. The van der Waals surface area contributed by atoms with Crippen LogP contribution in [0.4, 0.5) is 0 Å². The van der Waals surface area contributed by atoms with Crippen molar-refractivity contribution in [2.24, 2.45) is 5.73 Å². The molecule has 2 nitrogen and oxygen atoms in total. The van der Waals surface area contributed by atoms with Gasteiger partial charge in [-0.3, -0.25) is 4.98 Å². The number of hydrogen-bond acceptors (Lipinski definition) is 2. The molecule has 0 radical (unpaired) electrons. The normalized spacial score (nSPS) is 13.0. The zero-order chi connectivity index (χ0) is 9.97. The first-order valence-electron chi connectivity index (χ1n) is 4.91. The number of nitrogens with two attached hydrogens (primary N) is 1. The molecule has 0 bridgehead atoms. The van der Waals surface area contributed by atoms with E-state index in [-0.39, 0.29) is 6.04 Å². The van der Waals surface area contributed by atoms with E-state index in [4.69, 9.17) is 5.73 Å². The van der Waals surface area contributed by atoms with Gasteiger partial charge >= 0.3 is 0 Å². The van der Waals surface area contributed by atoms with E-state index in [1.165, 1.54) is 5.56 Å². The van der Waals surface area contributed by atoms with E-state index in [2.05, 4.69) is 30.1 Å². The fourth-order valence-electron chi connectivity index (χ4n) is 1.56. The van der Waals surface area contributed by atoms with Crippen molar-refractivity contribution >= 4 is 10.9 Å². The van der Waals surface area contributed by atoms with Gasteiger partial charge in [0.05, 0.1) is 5.52 Å². The number of benzene rings is 1. The predicted molar refractivity (Wildman–Crippen MR) is 59.0 cm³/mol. The van der Waals surface area contributed by atoms with E-state index in [9.17, 15) is 0 Å². The van der Waals surface area contributed by atoms with Gasteiger partial charge in [-0.25, -0.2) is 0 Å². The van der Waals surface area contributed by atoms with Crippen LogP contribution in [0.1, 0.15) is 24.9 Å². The van der Waals surface area contributed by atoms with Gasteiger partial charge in [0.2, 0.25) is 0 Å². The van der Waals surface area contributed by atoms with Gasteiger partial charge in [0.1, 0.15) is 0 Å². The van der Waals surface area contributed by atoms with Crippen LogP contribution in [-0.4, -0.2) is 4.98 Å². The quantitative estimate of drug-likeness (QED) is 0.783. The third kappa shape index (κ3) is 1.61. The maximum absolute atomic E-state index is 5.96. The summed E-state index contributed by atoms with van der Waals surface area (Å²) in [6.07, 6.45) is 2.77. The van der Waals surface area contributed by atoms with Gasteiger partial charge in [-0.15, -0.1) is 0 Å². The van der Waals surface area contributed by atoms with Crippen LogP contribution in [-0.2, 0) is 0 Å². The molecule has 0 aliphatic heterocycles. The van der Waals surface area contributed by atoms with Crippen molar-refractivity contribution in [2.75, 3.05) is 0 Å². The van der Waals surface area contributed by atoms with Crippen molar-refractivity contribution < 1.29 is 0 Å². The zero-order valence-corrected chi connectivity index (χ0v) is 8.27. The first-order valence-corrected chi connectivity index (χ1v) is 4.91. The van der Waals surface area contributed by atoms with Crippen molar-refractivity contribution in [3.05, 3.63) is 42.1 Å². The monoisotopic (exact) mass is 186 g/mol. The molecule has 0 amide bonds. The number of nitrogens with zero attached hydrogens (tertiary/aromatic N) is 1. The van der Waals surface area contributed by atoms with Crippen molar-refractivity contribution in [1.82, 2.24) is 4.98 Å². The third-order valence-corrected chi connectivity index (χ3v) is 2.50. The van der Waals surface area contributed by atoms with Gasteiger partial charge in [-0.1, -0.05) is 19.1 Å². The van der Waals surface area contributed by atoms with Crippen LogP contribution >= 0.6 is 0 Å². The van der Waals surface area contributed by atoms with Crippen LogP contribution in [0.5, 0.6) is 0 Å². The van der Waals surface area contributed by atoms with Gasteiger partial charge < -0.3 is 5.73 Å². The van der Waals surface area contributed by atoms with Crippen LogP contribution in [0.25, 0.3) is 10.9 Å². The largest absolute Gasteiger partial charge is 0.324 e. The number of hydrogen-bond donors (Lipinski definition) is 1. The molecular weight excluding hydrogens is 172 g/mol. The molecule has 2 aromatic rings. The molecule has 1 aromatic heterocycles. The Balaban J connectivity index is 2.51. The molecule has 14 heavy (non-hydrogen) atoms. The van der Waals surface area contributed by atoms with Gasteiger partial charge in [0.15, 0.2) is 0 Å².